The van der Waals surface area contributed by atoms with Gasteiger partial charge in [-0.3, -0.25) is 4.79 Å². The number of ether oxygens (including phenoxy) is 4. The molecule has 38 heavy (non-hydrogen) atoms. The third kappa shape index (κ3) is 5.12. The normalized spacial score (nSPS) is 15.3. The van der Waals surface area contributed by atoms with Gasteiger partial charge in [0.05, 0.1) is 30.8 Å². The number of benzene rings is 2. The van der Waals surface area contributed by atoms with Gasteiger partial charge in [-0.05, 0) is 54.4 Å². The van der Waals surface area contributed by atoms with Crippen molar-refractivity contribution >= 4 is 38.2 Å². The molecule has 0 saturated carbocycles. The SMILES string of the molecule is COC(=O)c1c(NC(=O)c2ccc(S(=O)(=O)N3CCOCC3)cc2)sc(Cc2ccc3c(c2)OCO3)c1C. The molecule has 12 heteroatoms. The molecule has 0 unspecified atom stereocenters. The number of methoxy groups -OCH3 is 1. The van der Waals surface area contributed by atoms with Crippen LogP contribution < -0.4 is 14.8 Å². The van der Waals surface area contributed by atoms with Gasteiger partial charge in [-0.2, -0.15) is 4.31 Å². The van der Waals surface area contributed by atoms with Crippen LogP contribution in [0.3, 0.4) is 0 Å². The van der Waals surface area contributed by atoms with Crippen LogP contribution in [0.5, 0.6) is 11.5 Å². The Morgan fingerprint density at radius 3 is 2.47 bits per heavy atom. The van der Waals surface area contributed by atoms with E-state index in [0.717, 1.165) is 10.4 Å². The van der Waals surface area contributed by atoms with Crippen LogP contribution in [0.15, 0.2) is 47.4 Å². The average Bonchev–Trinajstić information content (AvgIpc) is 3.52. The molecule has 10 nitrogen and oxygen atoms in total. The highest BCUT2D eigenvalue weighted by molar-refractivity contribution is 7.89. The predicted octanol–water partition coefficient (Wildman–Crippen LogP) is 3.44. The summed E-state index contributed by atoms with van der Waals surface area (Å²) in [5.74, 6) is 0.320. The molecule has 0 spiro atoms. The maximum atomic E-state index is 13.1. The molecule has 1 aromatic heterocycles. The fourth-order valence-electron chi connectivity index (χ4n) is 4.29. The summed E-state index contributed by atoms with van der Waals surface area (Å²) in [6.07, 6.45) is 0.515. The van der Waals surface area contributed by atoms with E-state index in [9.17, 15) is 18.0 Å². The molecule has 0 aliphatic carbocycles. The fourth-order valence-corrected chi connectivity index (χ4v) is 6.92. The van der Waals surface area contributed by atoms with E-state index in [2.05, 4.69) is 5.32 Å². The molecule has 2 aromatic carbocycles. The first-order chi connectivity index (χ1) is 18.3. The van der Waals surface area contributed by atoms with E-state index < -0.39 is 21.9 Å². The van der Waals surface area contributed by atoms with Crippen LogP contribution in [0.2, 0.25) is 0 Å². The smallest absolute Gasteiger partial charge is 0.341 e. The Kier molecular flexibility index (Phi) is 7.39. The second-order valence-electron chi connectivity index (χ2n) is 8.71. The number of anilines is 1. The third-order valence-corrected chi connectivity index (χ3v) is 9.51. The van der Waals surface area contributed by atoms with Gasteiger partial charge in [0, 0.05) is 30.0 Å². The summed E-state index contributed by atoms with van der Waals surface area (Å²) in [7, 11) is -2.39. The minimum Gasteiger partial charge on any atom is -0.465 e. The lowest BCUT2D eigenvalue weighted by Gasteiger charge is -2.26. The number of carbonyl (C=O) groups is 2. The molecule has 200 valence electrons. The minimum atomic E-state index is -3.67. The van der Waals surface area contributed by atoms with Crippen molar-refractivity contribution in [2.75, 3.05) is 45.5 Å². The van der Waals surface area contributed by atoms with Crippen molar-refractivity contribution in [2.45, 2.75) is 18.2 Å². The number of amides is 1. The second kappa shape index (κ2) is 10.7. The number of nitrogens with zero attached hydrogens (tertiary/aromatic N) is 1. The van der Waals surface area contributed by atoms with Crippen molar-refractivity contribution in [3.63, 3.8) is 0 Å². The van der Waals surface area contributed by atoms with E-state index in [0.29, 0.717) is 41.7 Å². The van der Waals surface area contributed by atoms with Gasteiger partial charge in [0.15, 0.2) is 11.5 Å². The van der Waals surface area contributed by atoms with E-state index in [4.69, 9.17) is 18.9 Å². The lowest BCUT2D eigenvalue weighted by molar-refractivity contribution is 0.0601. The number of rotatable bonds is 7. The summed E-state index contributed by atoms with van der Waals surface area (Å²) in [4.78, 5) is 26.7. The van der Waals surface area contributed by atoms with Crippen molar-refractivity contribution in [1.29, 1.82) is 0 Å². The summed E-state index contributed by atoms with van der Waals surface area (Å²) >= 11 is 1.29. The Bertz CT molecular complexity index is 1480. The lowest BCUT2D eigenvalue weighted by Crippen LogP contribution is -2.40. The first-order valence-corrected chi connectivity index (χ1v) is 14.1. The predicted molar refractivity (Wildman–Crippen MR) is 140 cm³/mol. The third-order valence-electron chi connectivity index (χ3n) is 6.39. The number of nitrogens with one attached hydrogen (secondary N) is 1. The van der Waals surface area contributed by atoms with Crippen LogP contribution in [0, 0.1) is 6.92 Å². The van der Waals surface area contributed by atoms with Gasteiger partial charge < -0.3 is 24.3 Å². The molecule has 0 radical (unpaired) electrons. The van der Waals surface area contributed by atoms with E-state index >= 15 is 0 Å². The fraction of sp³-hybridized carbons (Fsp3) is 0.308. The number of morpholine rings is 1. The quantitative estimate of drug-likeness (QED) is 0.438. The molecule has 1 fully saturated rings. The molecular formula is C26H26N2O8S2. The zero-order valence-corrected chi connectivity index (χ0v) is 22.4. The molecule has 2 aliphatic rings. The van der Waals surface area contributed by atoms with Gasteiger partial charge in [-0.15, -0.1) is 11.3 Å². The van der Waals surface area contributed by atoms with Crippen molar-refractivity contribution < 1.29 is 37.0 Å². The van der Waals surface area contributed by atoms with Crippen LogP contribution in [0.1, 0.15) is 36.7 Å². The zero-order valence-electron chi connectivity index (χ0n) is 20.8. The van der Waals surface area contributed by atoms with Crippen LogP contribution >= 0.6 is 11.3 Å². The maximum Gasteiger partial charge on any atom is 0.341 e. The summed E-state index contributed by atoms with van der Waals surface area (Å²) in [5, 5.41) is 3.17. The molecule has 1 amide bonds. The topological polar surface area (TPSA) is 120 Å². The Labute approximate surface area is 224 Å². The Balaban J connectivity index is 1.36. The Hall–Kier alpha value is -3.45. The monoisotopic (exact) mass is 558 g/mol. The van der Waals surface area contributed by atoms with E-state index in [1.54, 1.807) is 0 Å². The molecule has 3 heterocycles. The number of thiophene rings is 1. The average molecular weight is 559 g/mol. The second-order valence-corrected chi connectivity index (χ2v) is 11.7. The van der Waals surface area contributed by atoms with Crippen molar-refractivity contribution in [1.82, 2.24) is 4.31 Å². The van der Waals surface area contributed by atoms with Crippen LogP contribution in [-0.4, -0.2) is 64.8 Å². The van der Waals surface area contributed by atoms with Crippen LogP contribution in [0.25, 0.3) is 0 Å². The summed E-state index contributed by atoms with van der Waals surface area (Å²) < 4.78 is 48.1. The van der Waals surface area contributed by atoms with Gasteiger partial charge in [0.1, 0.15) is 5.00 Å². The molecule has 1 saturated heterocycles. The molecule has 3 aromatic rings. The van der Waals surface area contributed by atoms with Gasteiger partial charge in [0.2, 0.25) is 16.8 Å². The van der Waals surface area contributed by atoms with Crippen LogP contribution in [0.4, 0.5) is 5.00 Å². The molecule has 0 bridgehead atoms. The van der Waals surface area contributed by atoms with E-state index in [1.165, 1.54) is 47.0 Å². The highest BCUT2D eigenvalue weighted by Gasteiger charge is 2.27. The summed E-state index contributed by atoms with van der Waals surface area (Å²) in [6, 6.07) is 11.4. The first-order valence-electron chi connectivity index (χ1n) is 11.9. The maximum absolute atomic E-state index is 13.1. The molecule has 0 atom stereocenters. The van der Waals surface area contributed by atoms with Crippen molar-refractivity contribution in [2.24, 2.45) is 0 Å². The standard InChI is InChI=1S/C26H26N2O8S2/c1-16-22(14-17-3-8-20-21(13-17)36-15-35-20)37-25(23(16)26(30)33-2)27-24(29)18-4-6-19(7-5-18)38(31,32)28-9-11-34-12-10-28/h3-8,13H,9-12,14-15H2,1-2H3,(H,27,29). The number of sulfonamides is 1. The molecule has 5 rings (SSSR count). The first kappa shape index (κ1) is 26.2. The largest absolute Gasteiger partial charge is 0.465 e. The number of hydrogen-bond acceptors (Lipinski definition) is 9. The van der Waals surface area contributed by atoms with Gasteiger partial charge >= 0.3 is 5.97 Å². The lowest BCUT2D eigenvalue weighted by atomic mass is 10.1. The number of esters is 1. The Morgan fingerprint density at radius 2 is 1.76 bits per heavy atom. The zero-order chi connectivity index (χ0) is 26.9. The number of fused-ring (bicyclic) bond motifs is 1. The summed E-state index contributed by atoms with van der Waals surface area (Å²) in [6.45, 7) is 3.25. The highest BCUT2D eigenvalue weighted by atomic mass is 32.2. The highest BCUT2D eigenvalue weighted by Crippen LogP contribution is 2.38. The van der Waals surface area contributed by atoms with E-state index in [1.807, 2.05) is 25.1 Å². The Morgan fingerprint density at radius 1 is 1.05 bits per heavy atom. The minimum absolute atomic E-state index is 0.101. The van der Waals surface area contributed by atoms with Gasteiger partial charge in [-0.1, -0.05) is 6.07 Å². The number of hydrogen-bond donors (Lipinski definition) is 1. The molecule has 2 aliphatic heterocycles. The molecular weight excluding hydrogens is 532 g/mol. The van der Waals surface area contributed by atoms with Crippen LogP contribution in [-0.2, 0) is 25.9 Å². The summed E-state index contributed by atoms with van der Waals surface area (Å²) in [5.41, 5.74) is 2.21. The van der Waals surface area contributed by atoms with Crippen molar-refractivity contribution in [3.8, 4) is 11.5 Å². The molecule has 1 N–H and O–H groups in total. The number of carbonyl (C=O) groups excluding carboxylic acids is 2. The van der Waals surface area contributed by atoms with Gasteiger partial charge in [0.25, 0.3) is 5.91 Å². The van der Waals surface area contributed by atoms with E-state index in [-0.39, 0.29) is 35.9 Å². The van der Waals surface area contributed by atoms with Crippen molar-refractivity contribution in [3.05, 3.63) is 69.6 Å². The van der Waals surface area contributed by atoms with Gasteiger partial charge in [-0.25, -0.2) is 13.2 Å².